The molecule has 0 bridgehead atoms. The first-order valence-corrected chi connectivity index (χ1v) is 9.04. The SMILES string of the molecule is CCCCCCC(=O)CS(=O)(=O)OC1CCCCC1. The van der Waals surface area contributed by atoms with Crippen LogP contribution in [0.1, 0.15) is 71.1 Å². The van der Waals surface area contributed by atoms with E-state index in [4.69, 9.17) is 4.18 Å². The van der Waals surface area contributed by atoms with Crippen LogP contribution in [-0.4, -0.2) is 26.1 Å². The zero-order valence-corrected chi connectivity index (χ0v) is 12.7. The molecule has 0 aliphatic heterocycles. The minimum atomic E-state index is -3.67. The summed E-state index contributed by atoms with van der Waals surface area (Å²) in [4.78, 5) is 11.6. The van der Waals surface area contributed by atoms with E-state index >= 15 is 0 Å². The van der Waals surface area contributed by atoms with Gasteiger partial charge < -0.3 is 0 Å². The Morgan fingerprint density at radius 2 is 1.79 bits per heavy atom. The first-order chi connectivity index (χ1) is 9.03. The molecule has 0 saturated heterocycles. The van der Waals surface area contributed by atoms with Gasteiger partial charge in [-0.05, 0) is 19.3 Å². The standard InChI is InChI=1S/C14H26O4S/c1-2-3-4-6-9-13(15)12-19(16,17)18-14-10-7-5-8-11-14/h14H,2-12H2,1H3. The summed E-state index contributed by atoms with van der Waals surface area (Å²) < 4.78 is 28.6. The fourth-order valence-corrected chi connectivity index (χ4v) is 3.63. The van der Waals surface area contributed by atoms with E-state index < -0.39 is 15.9 Å². The molecule has 0 aromatic carbocycles. The molecule has 1 fully saturated rings. The Kier molecular flexibility index (Phi) is 7.61. The molecule has 0 amide bonds. The van der Waals surface area contributed by atoms with Crippen molar-refractivity contribution in [3.05, 3.63) is 0 Å². The first-order valence-electron chi connectivity index (χ1n) is 7.46. The maximum Gasteiger partial charge on any atom is 0.274 e. The van der Waals surface area contributed by atoms with E-state index in [1.165, 1.54) is 0 Å². The molecule has 5 heteroatoms. The first kappa shape index (κ1) is 16.6. The largest absolute Gasteiger partial charge is 0.298 e. The van der Waals surface area contributed by atoms with Gasteiger partial charge in [-0.15, -0.1) is 0 Å². The van der Waals surface area contributed by atoms with Crippen LogP contribution < -0.4 is 0 Å². The smallest absolute Gasteiger partial charge is 0.274 e. The van der Waals surface area contributed by atoms with Gasteiger partial charge in [0.15, 0.2) is 0 Å². The summed E-state index contributed by atoms with van der Waals surface area (Å²) in [5.74, 6) is -0.665. The van der Waals surface area contributed by atoms with Crippen molar-refractivity contribution >= 4 is 15.9 Å². The second-order valence-electron chi connectivity index (χ2n) is 5.41. The molecule has 1 saturated carbocycles. The van der Waals surface area contributed by atoms with E-state index in [0.717, 1.165) is 57.8 Å². The summed E-state index contributed by atoms with van der Waals surface area (Å²) in [5.41, 5.74) is 0. The van der Waals surface area contributed by atoms with Crippen LogP contribution in [0.3, 0.4) is 0 Å². The molecular weight excluding hydrogens is 264 g/mol. The van der Waals surface area contributed by atoms with E-state index in [1.54, 1.807) is 0 Å². The minimum Gasteiger partial charge on any atom is -0.298 e. The number of hydrogen-bond acceptors (Lipinski definition) is 4. The summed E-state index contributed by atoms with van der Waals surface area (Å²) in [5, 5.41) is 0. The summed E-state index contributed by atoms with van der Waals surface area (Å²) >= 11 is 0. The van der Waals surface area contributed by atoms with Crippen molar-refractivity contribution in [3.63, 3.8) is 0 Å². The Bertz CT molecular complexity index is 356. The Morgan fingerprint density at radius 3 is 2.42 bits per heavy atom. The highest BCUT2D eigenvalue weighted by atomic mass is 32.2. The van der Waals surface area contributed by atoms with Crippen molar-refractivity contribution in [2.75, 3.05) is 5.75 Å². The molecule has 1 rings (SSSR count). The number of hydrogen-bond donors (Lipinski definition) is 0. The molecule has 4 nitrogen and oxygen atoms in total. The lowest BCUT2D eigenvalue weighted by Crippen LogP contribution is -2.25. The molecule has 0 aromatic rings. The number of ketones is 1. The van der Waals surface area contributed by atoms with Gasteiger partial charge in [0.25, 0.3) is 10.1 Å². The van der Waals surface area contributed by atoms with E-state index in [9.17, 15) is 13.2 Å². The highest BCUT2D eigenvalue weighted by Gasteiger charge is 2.23. The molecule has 0 unspecified atom stereocenters. The Hall–Kier alpha value is -0.420. The molecule has 0 spiro atoms. The molecule has 0 aromatic heterocycles. The van der Waals surface area contributed by atoms with Crippen molar-refractivity contribution in [2.45, 2.75) is 77.2 Å². The molecule has 1 aliphatic rings. The lowest BCUT2D eigenvalue weighted by Gasteiger charge is -2.21. The van der Waals surface area contributed by atoms with Gasteiger partial charge in [-0.25, -0.2) is 0 Å². The van der Waals surface area contributed by atoms with Crippen molar-refractivity contribution < 1.29 is 17.4 Å². The van der Waals surface area contributed by atoms with Gasteiger partial charge in [0.1, 0.15) is 11.5 Å². The van der Waals surface area contributed by atoms with Crippen LogP contribution in [0.25, 0.3) is 0 Å². The van der Waals surface area contributed by atoms with Gasteiger partial charge in [0.2, 0.25) is 0 Å². The molecule has 1 aliphatic carbocycles. The summed E-state index contributed by atoms with van der Waals surface area (Å²) in [6.45, 7) is 2.10. The molecule has 0 radical (unpaired) electrons. The number of unbranched alkanes of at least 4 members (excludes halogenated alkanes) is 3. The van der Waals surface area contributed by atoms with Crippen molar-refractivity contribution in [1.29, 1.82) is 0 Å². The summed E-state index contributed by atoms with van der Waals surface area (Å²) in [6.07, 6.45) is 8.91. The molecule has 0 atom stereocenters. The van der Waals surface area contributed by atoms with Crippen molar-refractivity contribution in [1.82, 2.24) is 0 Å². The maximum atomic E-state index is 11.8. The highest BCUT2D eigenvalue weighted by molar-refractivity contribution is 7.87. The minimum absolute atomic E-state index is 0.202. The van der Waals surface area contributed by atoms with Crippen LogP contribution in [0.2, 0.25) is 0 Å². The molecule has 0 N–H and O–H groups in total. The van der Waals surface area contributed by atoms with Crippen LogP contribution in [0.4, 0.5) is 0 Å². The van der Waals surface area contributed by atoms with E-state index in [2.05, 4.69) is 6.92 Å². The topological polar surface area (TPSA) is 60.4 Å². The van der Waals surface area contributed by atoms with Gasteiger partial charge in [0.05, 0.1) is 6.10 Å². The summed E-state index contributed by atoms with van der Waals surface area (Å²) in [7, 11) is -3.67. The zero-order valence-electron chi connectivity index (χ0n) is 11.9. The number of carbonyl (C=O) groups excluding carboxylic acids is 1. The third-order valence-electron chi connectivity index (χ3n) is 3.48. The fraction of sp³-hybridized carbons (Fsp3) is 0.929. The van der Waals surface area contributed by atoms with Crippen LogP contribution in [0.5, 0.6) is 0 Å². The average molecular weight is 290 g/mol. The average Bonchev–Trinajstić information content (AvgIpc) is 2.34. The van der Waals surface area contributed by atoms with Crippen LogP contribution in [0.15, 0.2) is 0 Å². The quantitative estimate of drug-likeness (QED) is 0.483. The Balaban J connectivity index is 2.26. The second-order valence-corrected chi connectivity index (χ2v) is 7.00. The lowest BCUT2D eigenvalue weighted by atomic mass is 9.98. The Labute approximate surface area is 117 Å². The normalized spacial score (nSPS) is 17.5. The lowest BCUT2D eigenvalue weighted by molar-refractivity contribution is -0.116. The number of Topliss-reactive ketones (excluding diaryl/α,β-unsaturated/α-hetero) is 1. The van der Waals surface area contributed by atoms with Crippen molar-refractivity contribution in [3.8, 4) is 0 Å². The number of rotatable bonds is 9. The summed E-state index contributed by atoms with van der Waals surface area (Å²) in [6, 6.07) is 0. The predicted molar refractivity (Wildman–Crippen MR) is 75.5 cm³/mol. The van der Waals surface area contributed by atoms with E-state index in [-0.39, 0.29) is 11.9 Å². The highest BCUT2D eigenvalue weighted by Crippen LogP contribution is 2.22. The van der Waals surface area contributed by atoms with Crippen LogP contribution in [0, 0.1) is 0 Å². The second kappa shape index (κ2) is 8.69. The third kappa shape index (κ3) is 7.67. The Morgan fingerprint density at radius 1 is 1.11 bits per heavy atom. The van der Waals surface area contributed by atoms with Crippen LogP contribution >= 0.6 is 0 Å². The zero-order chi connectivity index (χ0) is 14.1. The molecular formula is C14H26O4S. The van der Waals surface area contributed by atoms with Gasteiger partial charge in [0, 0.05) is 6.42 Å². The number of carbonyl (C=O) groups is 1. The van der Waals surface area contributed by atoms with Crippen molar-refractivity contribution in [2.24, 2.45) is 0 Å². The molecule has 112 valence electrons. The monoisotopic (exact) mass is 290 g/mol. The molecule has 19 heavy (non-hydrogen) atoms. The van der Waals surface area contributed by atoms with E-state index in [1.807, 2.05) is 0 Å². The van der Waals surface area contributed by atoms with Gasteiger partial charge in [-0.2, -0.15) is 8.42 Å². The van der Waals surface area contributed by atoms with E-state index in [0.29, 0.717) is 6.42 Å². The molecule has 0 heterocycles. The predicted octanol–water partition coefficient (Wildman–Crippen LogP) is 3.21. The van der Waals surface area contributed by atoms with Gasteiger partial charge >= 0.3 is 0 Å². The third-order valence-corrected chi connectivity index (χ3v) is 4.72. The van der Waals surface area contributed by atoms with Gasteiger partial charge in [-0.1, -0.05) is 45.4 Å². The maximum absolute atomic E-state index is 11.8. The fourth-order valence-electron chi connectivity index (χ4n) is 2.42. The van der Waals surface area contributed by atoms with Gasteiger partial charge in [-0.3, -0.25) is 8.98 Å². The van der Waals surface area contributed by atoms with Crippen LogP contribution in [-0.2, 0) is 19.1 Å².